The Kier molecular flexibility index (Phi) is 11.5. The van der Waals surface area contributed by atoms with Crippen molar-refractivity contribution in [3.05, 3.63) is 12.2 Å². The van der Waals surface area contributed by atoms with Crippen LogP contribution in [0, 0.1) is 5.92 Å². The second kappa shape index (κ2) is 13.1. The summed E-state index contributed by atoms with van der Waals surface area (Å²) >= 11 is 0. The van der Waals surface area contributed by atoms with Crippen molar-refractivity contribution in [2.75, 3.05) is 6.54 Å². The van der Waals surface area contributed by atoms with Crippen LogP contribution in [0.3, 0.4) is 0 Å². The molecule has 0 saturated carbocycles. The molecule has 0 N–H and O–H groups in total. The number of aliphatic imine (C=N–C) groups is 1. The summed E-state index contributed by atoms with van der Waals surface area (Å²) in [5, 5.41) is 0. The van der Waals surface area contributed by atoms with E-state index in [2.05, 4.69) is 31.0 Å². The molecule has 0 aliphatic carbocycles. The Morgan fingerprint density at radius 3 is 2.10 bits per heavy atom. The Bertz CT molecular complexity index is 290. The summed E-state index contributed by atoms with van der Waals surface area (Å²) in [6.07, 6.45) is 22.7. The van der Waals surface area contributed by atoms with E-state index in [1.54, 1.807) is 0 Å². The van der Waals surface area contributed by atoms with Crippen molar-refractivity contribution in [1.29, 1.82) is 0 Å². The lowest BCUT2D eigenvalue weighted by atomic mass is 9.95. The maximum absolute atomic E-state index is 4.51. The van der Waals surface area contributed by atoms with Gasteiger partial charge < -0.3 is 0 Å². The maximum atomic E-state index is 4.51. The molecular formula is C20H37N. The summed E-state index contributed by atoms with van der Waals surface area (Å²) in [6.45, 7) is 5.58. The Morgan fingerprint density at radius 1 is 0.905 bits per heavy atom. The van der Waals surface area contributed by atoms with Crippen LogP contribution in [0.25, 0.3) is 0 Å². The van der Waals surface area contributed by atoms with Crippen molar-refractivity contribution in [2.24, 2.45) is 10.9 Å². The Balaban J connectivity index is 1.79. The van der Waals surface area contributed by atoms with Gasteiger partial charge in [-0.15, -0.1) is 0 Å². The van der Waals surface area contributed by atoms with Crippen molar-refractivity contribution in [1.82, 2.24) is 0 Å². The molecule has 0 spiro atoms. The zero-order valence-corrected chi connectivity index (χ0v) is 14.6. The molecule has 1 heterocycles. The second-order valence-electron chi connectivity index (χ2n) is 6.67. The van der Waals surface area contributed by atoms with Gasteiger partial charge in [0.2, 0.25) is 0 Å². The lowest BCUT2D eigenvalue weighted by Crippen LogP contribution is -2.05. The molecule has 0 bridgehead atoms. The molecular weight excluding hydrogens is 254 g/mol. The highest BCUT2D eigenvalue weighted by atomic mass is 14.8. The first-order chi connectivity index (χ1) is 10.3. The summed E-state index contributed by atoms with van der Waals surface area (Å²) in [5.74, 6) is 0.817. The van der Waals surface area contributed by atoms with Gasteiger partial charge in [0.1, 0.15) is 0 Å². The molecule has 0 fully saturated rings. The average Bonchev–Trinajstić information content (AvgIpc) is 2.89. The summed E-state index contributed by atoms with van der Waals surface area (Å²) in [4.78, 5) is 4.51. The number of unbranched alkanes of at least 4 members (excludes halogenated alkanes) is 9. The topological polar surface area (TPSA) is 12.4 Å². The van der Waals surface area contributed by atoms with Crippen molar-refractivity contribution < 1.29 is 0 Å². The van der Waals surface area contributed by atoms with Crippen LogP contribution in [0.15, 0.2) is 17.1 Å². The number of rotatable bonds is 13. The first-order valence-electron chi connectivity index (χ1n) is 9.50. The third-order valence-electron chi connectivity index (χ3n) is 4.74. The third-order valence-corrected chi connectivity index (χ3v) is 4.74. The van der Waals surface area contributed by atoms with Gasteiger partial charge in [0.25, 0.3) is 0 Å². The summed E-state index contributed by atoms with van der Waals surface area (Å²) in [6, 6.07) is 0. The van der Waals surface area contributed by atoms with Gasteiger partial charge >= 0.3 is 0 Å². The van der Waals surface area contributed by atoms with E-state index in [4.69, 9.17) is 0 Å². The van der Waals surface area contributed by atoms with E-state index in [0.717, 1.165) is 12.5 Å². The van der Waals surface area contributed by atoms with Crippen LogP contribution in [0.1, 0.15) is 97.3 Å². The van der Waals surface area contributed by atoms with E-state index in [1.807, 2.05) is 0 Å². The largest absolute Gasteiger partial charge is 0.294 e. The molecule has 0 aromatic rings. The highest BCUT2D eigenvalue weighted by Gasteiger charge is 2.15. The average molecular weight is 292 g/mol. The molecule has 0 saturated heterocycles. The number of nitrogens with zero attached hydrogens (tertiary/aromatic N) is 1. The lowest BCUT2D eigenvalue weighted by Gasteiger charge is -2.08. The van der Waals surface area contributed by atoms with Gasteiger partial charge in [-0.2, -0.15) is 0 Å². The SMILES string of the molecule is CCCCCCC/C=C\CCCCCC[C@H]1CCN=C1C. The quantitative estimate of drug-likeness (QED) is 0.264. The second-order valence-corrected chi connectivity index (χ2v) is 6.67. The van der Waals surface area contributed by atoms with Crippen molar-refractivity contribution in [3.63, 3.8) is 0 Å². The molecule has 122 valence electrons. The highest BCUT2D eigenvalue weighted by Crippen LogP contribution is 2.21. The molecule has 1 aliphatic rings. The van der Waals surface area contributed by atoms with Gasteiger partial charge in [-0.3, -0.25) is 4.99 Å². The Hall–Kier alpha value is -0.590. The minimum absolute atomic E-state index is 0.817. The predicted molar refractivity (Wildman–Crippen MR) is 96.3 cm³/mol. The van der Waals surface area contributed by atoms with Gasteiger partial charge in [0.15, 0.2) is 0 Å². The number of hydrogen-bond donors (Lipinski definition) is 0. The fourth-order valence-electron chi connectivity index (χ4n) is 3.20. The molecule has 0 aromatic carbocycles. The van der Waals surface area contributed by atoms with Crippen molar-refractivity contribution in [3.8, 4) is 0 Å². The Morgan fingerprint density at radius 2 is 1.52 bits per heavy atom. The van der Waals surface area contributed by atoms with Gasteiger partial charge in [0.05, 0.1) is 0 Å². The predicted octanol–water partition coefficient (Wildman–Crippen LogP) is 6.72. The molecule has 1 atom stereocenters. The van der Waals surface area contributed by atoms with Gasteiger partial charge in [0, 0.05) is 12.3 Å². The van der Waals surface area contributed by atoms with Crippen molar-refractivity contribution in [2.45, 2.75) is 97.3 Å². The smallest absolute Gasteiger partial charge is 0.0394 e. The summed E-state index contributed by atoms with van der Waals surface area (Å²) < 4.78 is 0. The molecule has 0 unspecified atom stereocenters. The van der Waals surface area contributed by atoms with Crippen LogP contribution in [0.4, 0.5) is 0 Å². The van der Waals surface area contributed by atoms with Crippen LogP contribution in [-0.2, 0) is 0 Å². The highest BCUT2D eigenvalue weighted by molar-refractivity contribution is 5.85. The third kappa shape index (κ3) is 9.87. The molecule has 1 aliphatic heterocycles. The van der Waals surface area contributed by atoms with Crippen LogP contribution in [0.2, 0.25) is 0 Å². The summed E-state index contributed by atoms with van der Waals surface area (Å²) in [5.41, 5.74) is 1.41. The number of allylic oxidation sites excluding steroid dienone is 2. The van der Waals surface area contributed by atoms with Crippen LogP contribution in [-0.4, -0.2) is 12.3 Å². The normalized spacial score (nSPS) is 18.6. The van der Waals surface area contributed by atoms with E-state index in [0.29, 0.717) is 0 Å². The molecule has 1 heteroatoms. The van der Waals surface area contributed by atoms with Gasteiger partial charge in [-0.05, 0) is 51.4 Å². The number of hydrogen-bond acceptors (Lipinski definition) is 1. The molecule has 1 rings (SSSR count). The van der Waals surface area contributed by atoms with Crippen LogP contribution >= 0.6 is 0 Å². The van der Waals surface area contributed by atoms with E-state index in [-0.39, 0.29) is 0 Å². The first kappa shape index (κ1) is 18.5. The molecule has 0 radical (unpaired) electrons. The monoisotopic (exact) mass is 291 g/mol. The van der Waals surface area contributed by atoms with Gasteiger partial charge in [-0.1, -0.05) is 64.0 Å². The van der Waals surface area contributed by atoms with Crippen LogP contribution in [0.5, 0.6) is 0 Å². The van der Waals surface area contributed by atoms with E-state index in [1.165, 1.54) is 89.2 Å². The minimum atomic E-state index is 0.817. The van der Waals surface area contributed by atoms with Crippen LogP contribution < -0.4 is 0 Å². The standard InChI is InChI=1S/C20H37N/c1-3-4-5-6-7-8-9-10-11-12-13-14-15-16-20-17-18-21-19(20)2/h9-10,20H,3-8,11-18H2,1-2H3/b10-9-/t20-/m0/s1. The van der Waals surface area contributed by atoms with E-state index >= 15 is 0 Å². The van der Waals surface area contributed by atoms with E-state index < -0.39 is 0 Å². The van der Waals surface area contributed by atoms with Gasteiger partial charge in [-0.25, -0.2) is 0 Å². The summed E-state index contributed by atoms with van der Waals surface area (Å²) in [7, 11) is 0. The fourth-order valence-corrected chi connectivity index (χ4v) is 3.20. The van der Waals surface area contributed by atoms with E-state index in [9.17, 15) is 0 Å². The zero-order chi connectivity index (χ0) is 15.2. The molecule has 1 nitrogen and oxygen atoms in total. The zero-order valence-electron chi connectivity index (χ0n) is 14.6. The molecule has 0 aromatic heterocycles. The van der Waals surface area contributed by atoms with Crippen molar-refractivity contribution >= 4 is 5.71 Å². The molecule has 0 amide bonds. The fraction of sp³-hybridized carbons (Fsp3) is 0.850. The maximum Gasteiger partial charge on any atom is 0.0394 e. The minimum Gasteiger partial charge on any atom is -0.294 e. The lowest BCUT2D eigenvalue weighted by molar-refractivity contribution is 0.542. The molecule has 21 heavy (non-hydrogen) atoms. The first-order valence-corrected chi connectivity index (χ1v) is 9.50. The Labute approximate surface area is 133 Å².